The summed E-state index contributed by atoms with van der Waals surface area (Å²) in [5.74, 6) is -3.19. The number of nitro benzene ring substituents is 1. The average molecular weight is 659 g/mol. The number of nitrogens with one attached hydrogen (secondary N) is 2. The minimum atomic E-state index is -1.40. The molecule has 46 heavy (non-hydrogen) atoms. The van der Waals surface area contributed by atoms with Crippen molar-refractivity contribution in [1.29, 1.82) is 0 Å². The topological polar surface area (TPSA) is 219 Å². The van der Waals surface area contributed by atoms with Crippen molar-refractivity contribution in [1.82, 2.24) is 20.5 Å². The number of nitrogens with two attached hydrogens (primary N) is 1. The van der Waals surface area contributed by atoms with Crippen LogP contribution in [-0.4, -0.2) is 74.0 Å². The van der Waals surface area contributed by atoms with Gasteiger partial charge < -0.3 is 26.3 Å². The molecule has 15 nitrogen and oxygen atoms in total. The van der Waals surface area contributed by atoms with Gasteiger partial charge in [-0.15, -0.1) is 11.3 Å². The first-order chi connectivity index (χ1) is 21.6. The van der Waals surface area contributed by atoms with E-state index in [1.54, 1.807) is 11.4 Å². The Labute approximate surface area is 288 Å². The van der Waals surface area contributed by atoms with E-state index in [2.05, 4.69) is 20.8 Å². The number of anilines is 1. The van der Waals surface area contributed by atoms with Crippen molar-refractivity contribution in [3.8, 4) is 0 Å². The maximum Gasteiger partial charge on any atom is 1.00 e. The summed E-state index contributed by atoms with van der Waals surface area (Å²) in [4.78, 5) is 74.3. The van der Waals surface area contributed by atoms with E-state index in [0.717, 1.165) is 41.9 Å². The van der Waals surface area contributed by atoms with Crippen LogP contribution in [0.5, 0.6) is 0 Å². The van der Waals surface area contributed by atoms with Crippen molar-refractivity contribution >= 4 is 57.1 Å². The number of hydrogen-bond donors (Lipinski definition) is 4. The van der Waals surface area contributed by atoms with E-state index < -0.39 is 40.7 Å². The maximum atomic E-state index is 13.5. The number of carboxylic acids is 1. The number of allylic oxidation sites excluding steroid dienone is 2. The van der Waals surface area contributed by atoms with Gasteiger partial charge in [0.05, 0.1) is 11.0 Å². The number of carbonyl (C=O) groups excluding carboxylic acids is 3. The number of oxime groups is 1. The second kappa shape index (κ2) is 13.7. The van der Waals surface area contributed by atoms with Gasteiger partial charge in [-0.3, -0.25) is 29.4 Å². The van der Waals surface area contributed by atoms with Gasteiger partial charge >= 0.3 is 35.5 Å². The first kappa shape index (κ1) is 33.2. The molecule has 2 atom stereocenters. The molecule has 2 saturated heterocycles. The molecule has 1 saturated carbocycles. The zero-order valence-electron chi connectivity index (χ0n) is 24.9. The Bertz CT molecular complexity index is 1710. The molecule has 3 fully saturated rings. The molecule has 0 spiro atoms. The molecule has 4 aliphatic rings. The number of carbonyl (C=O) groups is 4. The number of aromatic nitrogens is 1. The first-order valence-corrected chi connectivity index (χ1v) is 15.3. The van der Waals surface area contributed by atoms with E-state index in [0.29, 0.717) is 12.1 Å². The molecular weight excluding hydrogens is 629 g/mol. The number of amides is 3. The molecule has 234 valence electrons. The zero-order chi connectivity index (χ0) is 31.8. The zero-order valence-corrected chi connectivity index (χ0v) is 27.7. The second-order valence-electron chi connectivity index (χ2n) is 11.1. The maximum absolute atomic E-state index is 13.5. The molecule has 6 rings (SSSR count). The molecule has 17 heteroatoms. The fourth-order valence-electron chi connectivity index (χ4n) is 6.30. The van der Waals surface area contributed by atoms with Crippen LogP contribution >= 0.6 is 11.3 Å². The van der Waals surface area contributed by atoms with Gasteiger partial charge in [0.2, 0.25) is 5.91 Å². The molecule has 3 aliphatic heterocycles. The minimum absolute atomic E-state index is 0. The van der Waals surface area contributed by atoms with Gasteiger partial charge in [-0.1, -0.05) is 17.3 Å². The molecular formula is C29H29N7NaO8S+. The predicted molar refractivity (Wildman–Crippen MR) is 161 cm³/mol. The molecule has 0 unspecified atom stereocenters. The van der Waals surface area contributed by atoms with Gasteiger partial charge in [0.25, 0.3) is 17.5 Å². The monoisotopic (exact) mass is 658 g/mol. The summed E-state index contributed by atoms with van der Waals surface area (Å²) in [7, 11) is 0. The molecule has 1 aromatic carbocycles. The van der Waals surface area contributed by atoms with Gasteiger partial charge in [0.1, 0.15) is 23.5 Å². The number of benzene rings is 1. The number of non-ortho nitro benzene ring substituents is 1. The largest absolute Gasteiger partial charge is 1.00 e. The number of hydrogen-bond acceptors (Lipinski definition) is 11. The van der Waals surface area contributed by atoms with E-state index in [-0.39, 0.29) is 99.6 Å². The number of nitrogens with zero attached hydrogens (tertiary/aromatic N) is 4. The fourth-order valence-corrected chi connectivity index (χ4v) is 6.85. The van der Waals surface area contributed by atoms with Crippen molar-refractivity contribution in [3.63, 3.8) is 0 Å². The second-order valence-corrected chi connectivity index (χ2v) is 12.0. The number of β-lactam (4-membered cyclic amide) rings is 1. The van der Waals surface area contributed by atoms with Crippen LogP contribution < -0.4 is 45.9 Å². The summed E-state index contributed by atoms with van der Waals surface area (Å²) in [6.45, 7) is 0.320. The standard InChI is InChI=1S/C29H29N7O8S.Na/c30-29-32-19(13-45-29)22(34-44-16-6-1-2-7-16)26(38)33-23-20-9-8-17(24(28(40)41)35(20)27(23)39)21(18-10-11-31-25(18)37)14-4-3-5-15(12-14)36(42)43;/h3-5,12-13,16,20,23H,1-2,6-11H2,(H2,30,32)(H,31,37)(H,33,38)(H,40,41);/q;+1/t20-,23+;/m1./s1. The fraction of sp³-hybridized carbons (Fsp3) is 0.379. The smallest absolute Gasteiger partial charge is 0.477 e. The van der Waals surface area contributed by atoms with Crippen molar-refractivity contribution in [2.24, 2.45) is 5.16 Å². The van der Waals surface area contributed by atoms with Gasteiger partial charge in [-0.05, 0) is 61.7 Å². The third-order valence-corrected chi connectivity index (χ3v) is 9.06. The van der Waals surface area contributed by atoms with Crippen LogP contribution in [0.2, 0.25) is 0 Å². The summed E-state index contributed by atoms with van der Waals surface area (Å²) >= 11 is 1.12. The van der Waals surface area contributed by atoms with Crippen LogP contribution in [0, 0.1) is 10.1 Å². The third-order valence-electron chi connectivity index (χ3n) is 8.38. The summed E-state index contributed by atoms with van der Waals surface area (Å²) in [6.07, 6.45) is 4.11. The first-order valence-electron chi connectivity index (χ1n) is 14.5. The van der Waals surface area contributed by atoms with Crippen LogP contribution in [0.15, 0.2) is 51.6 Å². The number of carboxylic acid groups (broad SMARTS) is 1. The SMILES string of the molecule is Nc1nc(C(=NOC2CCCC2)C(=O)N[C@@H]2C(=O)N3C(C(=O)O)=C(C(=C4CCNC4=O)c4cccc([N+](=O)[O-])c4)CC[C@H]23)cs1.[Na+]. The van der Waals surface area contributed by atoms with Crippen molar-refractivity contribution in [3.05, 3.63) is 67.9 Å². The van der Waals surface area contributed by atoms with Crippen LogP contribution in [0.3, 0.4) is 0 Å². The number of aliphatic carboxylic acids is 1. The number of nitrogen functional groups attached to an aromatic ring is 1. The summed E-state index contributed by atoms with van der Waals surface area (Å²) in [5.41, 5.74) is 6.32. The molecule has 1 aliphatic carbocycles. The van der Waals surface area contributed by atoms with E-state index in [4.69, 9.17) is 10.6 Å². The van der Waals surface area contributed by atoms with Crippen LogP contribution in [0.4, 0.5) is 10.8 Å². The van der Waals surface area contributed by atoms with Gasteiger partial charge in [-0.2, -0.15) is 0 Å². The Kier molecular flexibility index (Phi) is 9.91. The van der Waals surface area contributed by atoms with Gasteiger partial charge in [0.15, 0.2) is 10.8 Å². The van der Waals surface area contributed by atoms with Gasteiger partial charge in [-0.25, -0.2) is 9.78 Å². The van der Waals surface area contributed by atoms with E-state index >= 15 is 0 Å². The van der Waals surface area contributed by atoms with E-state index in [1.807, 2.05) is 0 Å². The summed E-state index contributed by atoms with van der Waals surface area (Å²) in [5, 5.41) is 33.1. The number of rotatable bonds is 9. The molecule has 5 N–H and O–H groups in total. The average Bonchev–Trinajstić information content (AvgIpc) is 3.79. The Morgan fingerprint density at radius 2 is 1.98 bits per heavy atom. The van der Waals surface area contributed by atoms with Crippen molar-refractivity contribution in [2.45, 2.75) is 63.1 Å². The Morgan fingerprint density at radius 3 is 2.61 bits per heavy atom. The number of thiazole rings is 1. The molecule has 0 bridgehead atoms. The van der Waals surface area contributed by atoms with Gasteiger partial charge in [0, 0.05) is 29.6 Å². The molecule has 0 radical (unpaired) electrons. The van der Waals surface area contributed by atoms with Crippen LogP contribution in [0.1, 0.15) is 56.2 Å². The quantitative estimate of drug-likeness (QED) is 0.0650. The Morgan fingerprint density at radius 1 is 1.22 bits per heavy atom. The minimum Gasteiger partial charge on any atom is -0.477 e. The predicted octanol–water partition coefficient (Wildman–Crippen LogP) is -0.897. The normalized spacial score (nSPS) is 22.4. The Balaban J connectivity index is 0.00000417. The number of fused-ring (bicyclic) bond motifs is 1. The molecule has 1 aromatic heterocycles. The molecule has 3 amide bonds. The number of nitro groups is 1. The third kappa shape index (κ3) is 6.29. The van der Waals surface area contributed by atoms with E-state index in [9.17, 15) is 34.4 Å². The van der Waals surface area contributed by atoms with Crippen LogP contribution in [-0.2, 0) is 24.0 Å². The van der Waals surface area contributed by atoms with Crippen LogP contribution in [0.25, 0.3) is 5.57 Å². The van der Waals surface area contributed by atoms with Crippen molar-refractivity contribution < 1.29 is 63.6 Å². The molecule has 4 heterocycles. The summed E-state index contributed by atoms with van der Waals surface area (Å²) in [6, 6.07) is 3.87. The Hall–Kier alpha value is -4.12. The van der Waals surface area contributed by atoms with E-state index in [1.165, 1.54) is 18.2 Å². The van der Waals surface area contributed by atoms with Crippen molar-refractivity contribution in [2.75, 3.05) is 12.3 Å². The molecule has 2 aromatic rings. The summed E-state index contributed by atoms with van der Waals surface area (Å²) < 4.78 is 0.